The zero-order valence-corrected chi connectivity index (χ0v) is 25.5. The molecule has 0 aromatic heterocycles. The van der Waals surface area contributed by atoms with E-state index < -0.39 is 0 Å². The van der Waals surface area contributed by atoms with Crippen LogP contribution in [-0.4, -0.2) is 82.4 Å². The van der Waals surface area contributed by atoms with E-state index in [4.69, 9.17) is 40.1 Å². The molecule has 0 saturated heterocycles. The number of nitrogens with one attached hydrogen (secondary N) is 1. The first-order chi connectivity index (χ1) is 16.9. The first-order valence-corrected chi connectivity index (χ1v) is 14.4. The third-order valence-electron chi connectivity index (χ3n) is 5.72. The fraction of sp³-hybridized carbons (Fsp3) is 1.00. The molecule has 0 radical (unpaired) electrons. The van der Waals surface area contributed by atoms with Gasteiger partial charge < -0.3 is 45.5 Å². The van der Waals surface area contributed by atoms with Crippen LogP contribution in [0.3, 0.4) is 0 Å². The van der Waals surface area contributed by atoms with Crippen LogP contribution in [0.2, 0.25) is 0 Å². The van der Waals surface area contributed by atoms with Gasteiger partial charge in [-0.05, 0) is 50.6 Å². The Hall–Kier alpha value is -0.360. The van der Waals surface area contributed by atoms with Gasteiger partial charge in [0.1, 0.15) is 0 Å². The maximum Gasteiger partial charge on any atom is 0.0252 e. The summed E-state index contributed by atoms with van der Waals surface area (Å²) in [5.41, 5.74) is 38.1. The molecule has 15 N–H and O–H groups in total. The quantitative estimate of drug-likeness (QED) is 0.110. The van der Waals surface area contributed by atoms with E-state index in [1.165, 1.54) is 25.7 Å². The third-order valence-corrected chi connectivity index (χ3v) is 5.72. The molecular weight excluding hydrogens is 498 g/mol. The molecule has 9 heteroatoms. The molecule has 0 fully saturated rings. The van der Waals surface area contributed by atoms with Gasteiger partial charge >= 0.3 is 0 Å². The van der Waals surface area contributed by atoms with E-state index in [1.807, 2.05) is 6.92 Å². The van der Waals surface area contributed by atoms with E-state index in [0.29, 0.717) is 38.0 Å². The summed E-state index contributed by atoms with van der Waals surface area (Å²) in [5.74, 6) is 2.09. The molecule has 0 rings (SSSR count). The molecule has 256 valence electrons. The molecule has 0 aliphatic rings. The van der Waals surface area contributed by atoms with Crippen LogP contribution in [0.1, 0.15) is 110 Å². The van der Waals surface area contributed by atoms with E-state index in [0.717, 1.165) is 58.2 Å². The highest BCUT2D eigenvalue weighted by molar-refractivity contribution is 4.80. The van der Waals surface area contributed by atoms with Crippen molar-refractivity contribution in [3.63, 3.8) is 0 Å². The van der Waals surface area contributed by atoms with Crippen molar-refractivity contribution >= 4 is 0 Å². The minimum atomic E-state index is -0.157. The van der Waals surface area contributed by atoms with E-state index in [1.54, 1.807) is 0 Å². The molecule has 3 unspecified atom stereocenters. The van der Waals surface area contributed by atoms with Crippen molar-refractivity contribution in [3.05, 3.63) is 0 Å². The number of rotatable bonds is 18. The Bertz CT molecular complexity index is 378. The third kappa shape index (κ3) is 57.5. The van der Waals surface area contributed by atoms with Crippen LogP contribution in [0, 0.1) is 17.8 Å². The van der Waals surface area contributed by atoms with Crippen molar-refractivity contribution < 1.29 is 0 Å². The van der Waals surface area contributed by atoms with Crippen LogP contribution in [-0.2, 0) is 0 Å². The van der Waals surface area contributed by atoms with Gasteiger partial charge in [0.05, 0.1) is 0 Å². The SMILES string of the molecule is C.C.C.C.CC(C)CN.CCC(C)CC(C)(N)CN.CCCCC(C)CN.NCCNCCN(CCN)CCN. The minimum absolute atomic E-state index is 0. The number of unbranched alkanes of at least 4 members (excludes halogenated alkanes) is 1. The maximum absolute atomic E-state index is 5.87. The van der Waals surface area contributed by atoms with Crippen LogP contribution in [0.15, 0.2) is 0 Å². The number of hydrogen-bond donors (Lipinski definition) is 8. The van der Waals surface area contributed by atoms with E-state index in [2.05, 4.69) is 51.8 Å². The lowest BCUT2D eigenvalue weighted by molar-refractivity contribution is 0.288. The number of hydrogen-bond acceptors (Lipinski definition) is 9. The Labute approximate surface area is 255 Å². The molecule has 0 aromatic carbocycles. The van der Waals surface area contributed by atoms with Crippen LogP contribution in [0.4, 0.5) is 0 Å². The average Bonchev–Trinajstić information content (AvgIpc) is 2.86. The predicted octanol–water partition coefficient (Wildman–Crippen LogP) is 3.77. The maximum atomic E-state index is 5.87. The lowest BCUT2D eigenvalue weighted by Gasteiger charge is -2.25. The van der Waals surface area contributed by atoms with Crippen molar-refractivity contribution in [1.82, 2.24) is 10.2 Å². The number of nitrogens with zero attached hydrogens (tertiary/aromatic N) is 1. The van der Waals surface area contributed by atoms with Gasteiger partial charge in [-0.15, -0.1) is 0 Å². The average molecular weight is 586 g/mol. The second-order valence-electron chi connectivity index (χ2n) is 10.6. The molecule has 9 nitrogen and oxygen atoms in total. The fourth-order valence-corrected chi connectivity index (χ4v) is 2.86. The first kappa shape index (κ1) is 59.1. The highest BCUT2D eigenvalue weighted by atomic mass is 15.1. The summed E-state index contributed by atoms with van der Waals surface area (Å²) in [5, 5.41) is 3.23. The van der Waals surface area contributed by atoms with Crippen LogP contribution in [0.5, 0.6) is 0 Å². The van der Waals surface area contributed by atoms with Gasteiger partial charge in [0.15, 0.2) is 0 Å². The zero-order valence-electron chi connectivity index (χ0n) is 25.5. The Morgan fingerprint density at radius 3 is 1.48 bits per heavy atom. The molecule has 0 amide bonds. The Morgan fingerprint density at radius 1 is 0.700 bits per heavy atom. The summed E-state index contributed by atoms with van der Waals surface area (Å²) in [6.45, 7) is 24.0. The van der Waals surface area contributed by atoms with Gasteiger partial charge in [0, 0.05) is 64.4 Å². The molecule has 0 heterocycles. The Morgan fingerprint density at radius 2 is 1.18 bits per heavy atom. The monoisotopic (exact) mass is 586 g/mol. The van der Waals surface area contributed by atoms with E-state index >= 15 is 0 Å². The minimum Gasteiger partial charge on any atom is -0.330 e. The Balaban J connectivity index is -0.0000000575. The number of nitrogens with two attached hydrogens (primary N) is 7. The highest BCUT2D eigenvalue weighted by Crippen LogP contribution is 2.15. The summed E-state index contributed by atoms with van der Waals surface area (Å²) < 4.78 is 0. The van der Waals surface area contributed by atoms with Crippen LogP contribution >= 0.6 is 0 Å². The van der Waals surface area contributed by atoms with E-state index in [-0.39, 0.29) is 35.2 Å². The lowest BCUT2D eigenvalue weighted by Crippen LogP contribution is -2.45. The molecule has 40 heavy (non-hydrogen) atoms. The molecule has 0 aliphatic carbocycles. The zero-order chi connectivity index (χ0) is 28.8. The molecular formula is C31H87N9. The van der Waals surface area contributed by atoms with Crippen molar-refractivity contribution in [2.45, 2.75) is 116 Å². The van der Waals surface area contributed by atoms with Gasteiger partial charge in [-0.1, -0.05) is 90.5 Å². The van der Waals surface area contributed by atoms with Crippen LogP contribution < -0.4 is 45.5 Å². The second-order valence-corrected chi connectivity index (χ2v) is 10.6. The lowest BCUT2D eigenvalue weighted by atomic mass is 9.90. The van der Waals surface area contributed by atoms with Crippen molar-refractivity contribution in [1.29, 1.82) is 0 Å². The summed E-state index contributed by atoms with van der Waals surface area (Å²) in [6, 6.07) is 0. The smallest absolute Gasteiger partial charge is 0.0252 e. The molecule has 0 aromatic rings. The molecule has 0 aliphatic heterocycles. The molecule has 0 bridgehead atoms. The van der Waals surface area contributed by atoms with Crippen molar-refractivity contribution in [2.75, 3.05) is 72.0 Å². The molecule has 0 spiro atoms. The second kappa shape index (κ2) is 45.6. The van der Waals surface area contributed by atoms with Gasteiger partial charge in [-0.2, -0.15) is 0 Å². The standard InChI is InChI=1S/C8H23N5.C8H20N2.C7H17N.C4H11N.4CH4/c9-1-4-12-5-8-13(6-2-10)7-3-11;1-4-7(2)5-8(3,10)6-9;1-3-4-5-7(2)6-8;1-4(2)3-5;;;;/h12H,1-11H2;7H,4-6,9-10H2,1-3H3;7H,3-6,8H2,1-2H3;4H,3,5H2,1-2H3;4*1H4. The topological polar surface area (TPSA) is 197 Å². The van der Waals surface area contributed by atoms with Gasteiger partial charge in [-0.3, -0.25) is 4.90 Å². The largest absolute Gasteiger partial charge is 0.330 e. The summed E-state index contributed by atoms with van der Waals surface area (Å²) in [6.07, 6.45) is 6.14. The summed E-state index contributed by atoms with van der Waals surface area (Å²) in [7, 11) is 0. The predicted molar refractivity (Wildman–Crippen MR) is 191 cm³/mol. The summed E-state index contributed by atoms with van der Waals surface area (Å²) in [4.78, 5) is 2.25. The molecule has 0 saturated carbocycles. The van der Waals surface area contributed by atoms with E-state index in [9.17, 15) is 0 Å². The molecule has 3 atom stereocenters. The van der Waals surface area contributed by atoms with Gasteiger partial charge in [0.25, 0.3) is 0 Å². The normalized spacial score (nSPS) is 12.6. The fourth-order valence-electron chi connectivity index (χ4n) is 2.86. The highest BCUT2D eigenvalue weighted by Gasteiger charge is 2.18. The van der Waals surface area contributed by atoms with Crippen molar-refractivity contribution in [3.8, 4) is 0 Å². The van der Waals surface area contributed by atoms with Crippen LogP contribution in [0.25, 0.3) is 0 Å². The van der Waals surface area contributed by atoms with Crippen molar-refractivity contribution in [2.24, 2.45) is 57.9 Å². The summed E-state index contributed by atoms with van der Waals surface area (Å²) >= 11 is 0. The van der Waals surface area contributed by atoms with Gasteiger partial charge in [-0.25, -0.2) is 0 Å². The first-order valence-electron chi connectivity index (χ1n) is 14.4. The van der Waals surface area contributed by atoms with Gasteiger partial charge in [0.2, 0.25) is 0 Å². The Kier molecular flexibility index (Phi) is 67.4.